The largest absolute Gasteiger partial charge is 0.497 e. The van der Waals surface area contributed by atoms with Crippen molar-refractivity contribution in [3.63, 3.8) is 0 Å². The molecule has 0 unspecified atom stereocenters. The number of alkyl halides is 3. The molecule has 0 aromatic heterocycles. The zero-order valence-electron chi connectivity index (χ0n) is 16.9. The molecule has 4 rings (SSSR count). The van der Waals surface area contributed by atoms with Crippen molar-refractivity contribution in [1.82, 2.24) is 4.90 Å². The summed E-state index contributed by atoms with van der Waals surface area (Å²) >= 11 is 0. The Morgan fingerprint density at radius 2 is 1.73 bits per heavy atom. The van der Waals surface area contributed by atoms with Crippen molar-refractivity contribution in [3.8, 4) is 5.75 Å². The van der Waals surface area contributed by atoms with Gasteiger partial charge in [-0.15, -0.1) is 0 Å². The van der Waals surface area contributed by atoms with Crippen LogP contribution in [0.5, 0.6) is 5.75 Å². The molecule has 2 aromatic carbocycles. The maximum Gasteiger partial charge on any atom is 0.472 e. The van der Waals surface area contributed by atoms with Crippen LogP contribution in [0.1, 0.15) is 30.4 Å². The van der Waals surface area contributed by atoms with Gasteiger partial charge in [0.05, 0.1) is 12.8 Å². The highest BCUT2D eigenvalue weighted by Crippen LogP contribution is 2.35. The van der Waals surface area contributed by atoms with E-state index in [1.54, 1.807) is 24.3 Å². The van der Waals surface area contributed by atoms with Gasteiger partial charge in [-0.25, -0.2) is 0 Å². The van der Waals surface area contributed by atoms with E-state index >= 15 is 0 Å². The topological polar surface area (TPSA) is 32.8 Å². The standard InChI is InChI=1S/C23H25F3N2O2/c1-30-21-7-3-6-19(15-21)28(22(29)23(24,25)26)20-9-8-16-10-12-27(18-4-2-5-18)13-11-17(16)14-20/h3,6-9,14-15,18H,2,4-5,10-13H2,1H3. The van der Waals surface area contributed by atoms with Gasteiger partial charge in [-0.1, -0.05) is 18.6 Å². The third-order valence-electron chi connectivity index (χ3n) is 6.13. The van der Waals surface area contributed by atoms with Crippen molar-refractivity contribution in [1.29, 1.82) is 0 Å². The van der Waals surface area contributed by atoms with Gasteiger partial charge < -0.3 is 4.74 Å². The van der Waals surface area contributed by atoms with Gasteiger partial charge in [0.1, 0.15) is 5.75 Å². The minimum atomic E-state index is -4.99. The lowest BCUT2D eigenvalue weighted by Gasteiger charge is -2.36. The summed E-state index contributed by atoms with van der Waals surface area (Å²) in [4.78, 5) is 15.6. The molecule has 1 saturated carbocycles. The van der Waals surface area contributed by atoms with Crippen molar-refractivity contribution in [2.24, 2.45) is 0 Å². The minimum Gasteiger partial charge on any atom is -0.497 e. The van der Waals surface area contributed by atoms with Crippen LogP contribution in [0.4, 0.5) is 24.5 Å². The molecule has 0 spiro atoms. The van der Waals surface area contributed by atoms with Crippen LogP contribution in [-0.4, -0.2) is 43.2 Å². The second-order valence-corrected chi connectivity index (χ2v) is 7.91. The molecule has 1 amide bonds. The lowest BCUT2D eigenvalue weighted by Crippen LogP contribution is -2.41. The molecular weight excluding hydrogens is 393 g/mol. The molecule has 0 N–H and O–H groups in total. The summed E-state index contributed by atoms with van der Waals surface area (Å²) in [6.07, 6.45) is 0.380. The van der Waals surface area contributed by atoms with Gasteiger partial charge in [-0.2, -0.15) is 13.2 Å². The monoisotopic (exact) mass is 418 g/mol. The number of halogens is 3. The molecule has 0 saturated heterocycles. The second-order valence-electron chi connectivity index (χ2n) is 7.91. The number of fused-ring (bicyclic) bond motifs is 1. The molecule has 1 aliphatic carbocycles. The van der Waals surface area contributed by atoms with Crippen LogP contribution in [0.25, 0.3) is 0 Å². The van der Waals surface area contributed by atoms with Crippen molar-refractivity contribution < 1.29 is 22.7 Å². The van der Waals surface area contributed by atoms with E-state index in [2.05, 4.69) is 4.90 Å². The Balaban J connectivity index is 1.68. The van der Waals surface area contributed by atoms with E-state index in [0.717, 1.165) is 42.0 Å². The van der Waals surface area contributed by atoms with E-state index in [1.165, 1.54) is 38.5 Å². The van der Waals surface area contributed by atoms with Crippen molar-refractivity contribution >= 4 is 17.3 Å². The molecule has 2 aliphatic rings. The van der Waals surface area contributed by atoms with Crippen LogP contribution in [0.2, 0.25) is 0 Å². The average Bonchev–Trinajstić information content (AvgIpc) is 2.89. The number of carbonyl (C=O) groups is 1. The smallest absolute Gasteiger partial charge is 0.472 e. The lowest BCUT2D eigenvalue weighted by atomic mass is 9.91. The first-order valence-electron chi connectivity index (χ1n) is 10.3. The number of hydrogen-bond acceptors (Lipinski definition) is 3. The molecule has 7 heteroatoms. The Labute approximate surface area is 174 Å². The summed E-state index contributed by atoms with van der Waals surface area (Å²) in [6.45, 7) is 1.87. The summed E-state index contributed by atoms with van der Waals surface area (Å²) in [5, 5.41) is 0. The molecule has 1 aliphatic heterocycles. The van der Waals surface area contributed by atoms with Crippen LogP contribution >= 0.6 is 0 Å². The number of nitrogens with zero attached hydrogens (tertiary/aromatic N) is 2. The number of amides is 1. The quantitative estimate of drug-likeness (QED) is 0.710. The number of carbonyl (C=O) groups excluding carboxylic acids is 1. The highest BCUT2D eigenvalue weighted by atomic mass is 19.4. The second kappa shape index (κ2) is 8.30. The zero-order chi connectivity index (χ0) is 21.3. The van der Waals surface area contributed by atoms with E-state index in [-0.39, 0.29) is 11.4 Å². The van der Waals surface area contributed by atoms with E-state index < -0.39 is 12.1 Å². The fourth-order valence-corrected chi connectivity index (χ4v) is 4.24. The highest BCUT2D eigenvalue weighted by molar-refractivity contribution is 6.03. The molecule has 4 nitrogen and oxygen atoms in total. The Morgan fingerprint density at radius 1 is 1.03 bits per heavy atom. The van der Waals surface area contributed by atoms with Crippen LogP contribution in [0.15, 0.2) is 42.5 Å². The molecule has 2 aromatic rings. The van der Waals surface area contributed by atoms with Crippen LogP contribution in [0.3, 0.4) is 0 Å². The SMILES string of the molecule is COc1cccc(N(C(=O)C(F)(F)F)c2ccc3c(c2)CCN(C2CCC2)CC3)c1. The van der Waals surface area contributed by atoms with Gasteiger partial charge in [0.2, 0.25) is 0 Å². The van der Waals surface area contributed by atoms with E-state index in [1.807, 2.05) is 6.07 Å². The van der Waals surface area contributed by atoms with Crippen molar-refractivity contribution in [2.45, 2.75) is 44.3 Å². The molecule has 0 radical (unpaired) electrons. The van der Waals surface area contributed by atoms with Crippen LogP contribution in [0, 0.1) is 0 Å². The summed E-state index contributed by atoms with van der Waals surface area (Å²) in [5.41, 5.74) is 2.51. The molecular formula is C23H25F3N2O2. The van der Waals surface area contributed by atoms with Gasteiger partial charge in [-0.3, -0.25) is 14.6 Å². The van der Waals surface area contributed by atoms with Crippen molar-refractivity contribution in [3.05, 3.63) is 53.6 Å². The first-order valence-corrected chi connectivity index (χ1v) is 10.3. The first-order chi connectivity index (χ1) is 14.4. The molecule has 0 bridgehead atoms. The fourth-order valence-electron chi connectivity index (χ4n) is 4.24. The maximum absolute atomic E-state index is 13.4. The van der Waals surface area contributed by atoms with Gasteiger partial charge in [0.15, 0.2) is 0 Å². The predicted molar refractivity (Wildman–Crippen MR) is 109 cm³/mol. The lowest BCUT2D eigenvalue weighted by molar-refractivity contribution is -0.169. The predicted octanol–water partition coefficient (Wildman–Crippen LogP) is 4.88. The van der Waals surface area contributed by atoms with Gasteiger partial charge in [0, 0.05) is 30.9 Å². The molecule has 160 valence electrons. The normalized spacial score (nSPS) is 17.6. The minimum absolute atomic E-state index is 0.126. The summed E-state index contributed by atoms with van der Waals surface area (Å²) in [6, 6.07) is 12.0. The third kappa shape index (κ3) is 4.17. The van der Waals surface area contributed by atoms with Crippen LogP contribution in [-0.2, 0) is 17.6 Å². The molecule has 1 heterocycles. The summed E-state index contributed by atoms with van der Waals surface area (Å²) in [7, 11) is 1.44. The Kier molecular flexibility index (Phi) is 5.73. The number of hydrogen-bond donors (Lipinski definition) is 0. The summed E-state index contributed by atoms with van der Waals surface area (Å²) < 4.78 is 45.4. The molecule has 1 fully saturated rings. The number of ether oxygens (including phenoxy) is 1. The molecule has 0 atom stereocenters. The highest BCUT2D eigenvalue weighted by Gasteiger charge is 2.44. The summed E-state index contributed by atoms with van der Waals surface area (Å²) in [5.74, 6) is -1.53. The van der Waals surface area contributed by atoms with E-state index in [0.29, 0.717) is 11.8 Å². The first kappa shape index (κ1) is 20.7. The number of benzene rings is 2. The number of anilines is 2. The maximum atomic E-state index is 13.4. The van der Waals surface area contributed by atoms with E-state index in [4.69, 9.17) is 4.74 Å². The van der Waals surface area contributed by atoms with Gasteiger partial charge in [-0.05, 0) is 61.1 Å². The zero-order valence-corrected chi connectivity index (χ0v) is 16.9. The Bertz CT molecular complexity index is 925. The van der Waals surface area contributed by atoms with Gasteiger partial charge in [0.25, 0.3) is 0 Å². The van der Waals surface area contributed by atoms with Crippen LogP contribution < -0.4 is 9.64 Å². The number of rotatable bonds is 4. The average molecular weight is 418 g/mol. The van der Waals surface area contributed by atoms with Crippen molar-refractivity contribution in [2.75, 3.05) is 25.1 Å². The fraction of sp³-hybridized carbons (Fsp3) is 0.435. The molecule has 30 heavy (non-hydrogen) atoms. The Morgan fingerprint density at radius 3 is 2.37 bits per heavy atom. The number of methoxy groups -OCH3 is 1. The Hall–Kier alpha value is -2.54. The third-order valence-corrected chi connectivity index (χ3v) is 6.13. The van der Waals surface area contributed by atoms with Gasteiger partial charge >= 0.3 is 12.1 Å². The van der Waals surface area contributed by atoms with E-state index in [9.17, 15) is 18.0 Å².